The Labute approximate surface area is 161 Å². The SMILES string of the molecule is CCC(CO)(CO)CO.CCC(CO)(CO)CO.OCC(CO)(CO)CO. The van der Waals surface area contributed by atoms with E-state index in [0.717, 1.165) is 0 Å². The van der Waals surface area contributed by atoms with Crippen LogP contribution in [0.25, 0.3) is 0 Å². The lowest BCUT2D eigenvalue weighted by Gasteiger charge is -2.24. The third-order valence-corrected chi connectivity index (χ3v) is 4.85. The largest absolute Gasteiger partial charge is 0.396 e. The van der Waals surface area contributed by atoms with Crippen molar-refractivity contribution in [2.45, 2.75) is 26.7 Å². The van der Waals surface area contributed by atoms with E-state index in [2.05, 4.69) is 0 Å². The molecular formula is C17H40O10. The Bertz CT molecular complexity index is 202. The van der Waals surface area contributed by atoms with E-state index in [9.17, 15) is 0 Å². The zero-order valence-corrected chi connectivity index (χ0v) is 16.5. The second-order valence-electron chi connectivity index (χ2n) is 6.79. The predicted octanol–water partition coefficient (Wildman–Crippen LogP) is -3.34. The molecule has 168 valence electrons. The Kier molecular flexibility index (Phi) is 20.5. The van der Waals surface area contributed by atoms with Crippen molar-refractivity contribution in [3.8, 4) is 0 Å². The van der Waals surface area contributed by atoms with Crippen molar-refractivity contribution in [3.63, 3.8) is 0 Å². The average molecular weight is 404 g/mol. The third kappa shape index (κ3) is 11.3. The van der Waals surface area contributed by atoms with Crippen LogP contribution in [-0.2, 0) is 0 Å². The summed E-state index contributed by atoms with van der Waals surface area (Å²) in [5.41, 5.74) is -2.44. The van der Waals surface area contributed by atoms with Gasteiger partial charge in [-0.15, -0.1) is 0 Å². The summed E-state index contributed by atoms with van der Waals surface area (Å²) in [6, 6.07) is 0. The van der Waals surface area contributed by atoms with E-state index >= 15 is 0 Å². The second kappa shape index (κ2) is 17.7. The van der Waals surface area contributed by atoms with Crippen LogP contribution < -0.4 is 0 Å². The first kappa shape index (κ1) is 31.3. The van der Waals surface area contributed by atoms with Gasteiger partial charge in [0.2, 0.25) is 0 Å². The van der Waals surface area contributed by atoms with Crippen LogP contribution in [0.15, 0.2) is 0 Å². The fourth-order valence-electron chi connectivity index (χ4n) is 1.27. The average Bonchev–Trinajstić information content (AvgIpc) is 2.75. The van der Waals surface area contributed by atoms with Crippen LogP contribution in [0.3, 0.4) is 0 Å². The minimum atomic E-state index is -1.11. The van der Waals surface area contributed by atoms with Gasteiger partial charge in [0.25, 0.3) is 0 Å². The van der Waals surface area contributed by atoms with Gasteiger partial charge in [0.05, 0.1) is 71.5 Å². The summed E-state index contributed by atoms with van der Waals surface area (Å²) in [6.45, 7) is 1.08. The molecular weight excluding hydrogens is 364 g/mol. The quantitative estimate of drug-likeness (QED) is 0.157. The summed E-state index contributed by atoms with van der Waals surface area (Å²) in [5.74, 6) is 0. The minimum absolute atomic E-state index is 0.156. The molecule has 0 saturated heterocycles. The van der Waals surface area contributed by atoms with Gasteiger partial charge in [-0.1, -0.05) is 13.8 Å². The highest BCUT2D eigenvalue weighted by Gasteiger charge is 2.27. The van der Waals surface area contributed by atoms with Crippen LogP contribution in [0.2, 0.25) is 0 Å². The molecule has 0 amide bonds. The van der Waals surface area contributed by atoms with Gasteiger partial charge in [-0.3, -0.25) is 0 Å². The maximum Gasteiger partial charge on any atom is 0.0627 e. The van der Waals surface area contributed by atoms with Crippen LogP contribution in [0.4, 0.5) is 0 Å². The first-order chi connectivity index (χ1) is 12.7. The van der Waals surface area contributed by atoms with E-state index < -0.39 is 42.7 Å². The molecule has 27 heavy (non-hydrogen) atoms. The zero-order valence-electron chi connectivity index (χ0n) is 16.5. The van der Waals surface area contributed by atoms with Crippen LogP contribution in [0, 0.1) is 16.2 Å². The van der Waals surface area contributed by atoms with Gasteiger partial charge in [-0.05, 0) is 12.8 Å². The van der Waals surface area contributed by atoms with Gasteiger partial charge in [-0.25, -0.2) is 0 Å². The van der Waals surface area contributed by atoms with Crippen LogP contribution >= 0.6 is 0 Å². The fraction of sp³-hybridized carbons (Fsp3) is 1.00. The van der Waals surface area contributed by atoms with Crippen molar-refractivity contribution in [2.24, 2.45) is 16.2 Å². The summed E-state index contributed by atoms with van der Waals surface area (Å²) in [5, 5.41) is 85.9. The van der Waals surface area contributed by atoms with Gasteiger partial charge in [0.1, 0.15) is 0 Å². The van der Waals surface area contributed by atoms with Crippen LogP contribution in [-0.4, -0.2) is 117 Å². The van der Waals surface area contributed by atoms with Crippen molar-refractivity contribution in [2.75, 3.05) is 66.1 Å². The van der Waals surface area contributed by atoms with Crippen molar-refractivity contribution in [3.05, 3.63) is 0 Å². The molecule has 0 radical (unpaired) electrons. The fourth-order valence-corrected chi connectivity index (χ4v) is 1.27. The molecule has 0 rings (SSSR count). The van der Waals surface area contributed by atoms with Gasteiger partial charge in [-0.2, -0.15) is 0 Å². The molecule has 0 fully saturated rings. The lowest BCUT2D eigenvalue weighted by molar-refractivity contribution is -0.0328. The second-order valence-corrected chi connectivity index (χ2v) is 6.79. The zero-order chi connectivity index (χ0) is 22.0. The normalized spacial score (nSPS) is 12.0. The molecule has 0 atom stereocenters. The summed E-state index contributed by atoms with van der Waals surface area (Å²) in [6.07, 6.45) is 1.19. The maximum absolute atomic E-state index is 8.66. The van der Waals surface area contributed by atoms with E-state index in [1.807, 2.05) is 13.8 Å². The lowest BCUT2D eigenvalue weighted by atomic mass is 9.88. The molecule has 0 aromatic heterocycles. The molecule has 10 N–H and O–H groups in total. The standard InChI is InChI=1S/2C6H14O3.C5H12O4/c2*1-2-6(3-7,4-8)5-9;6-1-5(2-7,3-8)4-9/h2*7-9H,2-5H2,1H3;6-9H,1-4H2. The van der Waals surface area contributed by atoms with E-state index in [-0.39, 0.29) is 39.6 Å². The first-order valence-corrected chi connectivity index (χ1v) is 8.82. The number of aliphatic hydroxyl groups excluding tert-OH is 10. The smallest absolute Gasteiger partial charge is 0.0627 e. The number of hydrogen-bond acceptors (Lipinski definition) is 10. The van der Waals surface area contributed by atoms with Gasteiger partial charge in [0, 0.05) is 10.8 Å². The highest BCUT2D eigenvalue weighted by atomic mass is 16.3. The topological polar surface area (TPSA) is 202 Å². The van der Waals surface area contributed by atoms with Gasteiger partial charge < -0.3 is 51.1 Å². The molecule has 0 aromatic rings. The summed E-state index contributed by atoms with van der Waals surface area (Å²) >= 11 is 0. The molecule has 0 aliphatic rings. The minimum Gasteiger partial charge on any atom is -0.396 e. The Balaban J connectivity index is -0.000000320. The Hall–Kier alpha value is -0.400. The van der Waals surface area contributed by atoms with E-state index in [4.69, 9.17) is 51.1 Å². The maximum atomic E-state index is 8.66. The number of rotatable bonds is 12. The van der Waals surface area contributed by atoms with Gasteiger partial charge in [0.15, 0.2) is 0 Å². The molecule has 0 bridgehead atoms. The Morgan fingerprint density at radius 1 is 0.333 bits per heavy atom. The number of aliphatic hydroxyl groups is 10. The molecule has 0 aliphatic carbocycles. The summed E-state index contributed by atoms with van der Waals surface area (Å²) in [7, 11) is 0. The van der Waals surface area contributed by atoms with Crippen molar-refractivity contribution in [1.82, 2.24) is 0 Å². The molecule has 0 aliphatic heterocycles. The summed E-state index contributed by atoms with van der Waals surface area (Å²) < 4.78 is 0. The summed E-state index contributed by atoms with van der Waals surface area (Å²) in [4.78, 5) is 0. The molecule has 0 heterocycles. The van der Waals surface area contributed by atoms with Crippen molar-refractivity contribution >= 4 is 0 Å². The molecule has 0 unspecified atom stereocenters. The molecule has 0 spiro atoms. The van der Waals surface area contributed by atoms with Crippen molar-refractivity contribution < 1.29 is 51.1 Å². The highest BCUT2D eigenvalue weighted by molar-refractivity contribution is 4.75. The molecule has 10 heteroatoms. The predicted molar refractivity (Wildman–Crippen MR) is 98.7 cm³/mol. The highest BCUT2D eigenvalue weighted by Crippen LogP contribution is 2.19. The third-order valence-electron chi connectivity index (χ3n) is 4.85. The van der Waals surface area contributed by atoms with Gasteiger partial charge >= 0.3 is 0 Å². The first-order valence-electron chi connectivity index (χ1n) is 8.82. The van der Waals surface area contributed by atoms with E-state index in [0.29, 0.717) is 12.8 Å². The Morgan fingerprint density at radius 2 is 0.481 bits per heavy atom. The Morgan fingerprint density at radius 3 is 0.481 bits per heavy atom. The molecule has 10 nitrogen and oxygen atoms in total. The van der Waals surface area contributed by atoms with Crippen molar-refractivity contribution in [1.29, 1.82) is 0 Å². The lowest BCUT2D eigenvalue weighted by Crippen LogP contribution is -2.37. The monoisotopic (exact) mass is 404 g/mol. The van der Waals surface area contributed by atoms with E-state index in [1.165, 1.54) is 0 Å². The van der Waals surface area contributed by atoms with Crippen LogP contribution in [0.1, 0.15) is 26.7 Å². The molecule has 0 saturated carbocycles. The number of hydrogen-bond donors (Lipinski definition) is 10. The molecule has 0 aromatic carbocycles. The van der Waals surface area contributed by atoms with Crippen LogP contribution in [0.5, 0.6) is 0 Å². The van der Waals surface area contributed by atoms with E-state index in [1.54, 1.807) is 0 Å².